The second-order valence-corrected chi connectivity index (χ2v) is 8.97. The van der Waals surface area contributed by atoms with Gasteiger partial charge in [0, 0.05) is 30.9 Å². The van der Waals surface area contributed by atoms with E-state index in [1.54, 1.807) is 41.1 Å². The Bertz CT molecular complexity index is 1340. The van der Waals surface area contributed by atoms with Crippen LogP contribution in [0.2, 0.25) is 5.02 Å². The predicted octanol–water partition coefficient (Wildman–Crippen LogP) is 4.35. The van der Waals surface area contributed by atoms with E-state index in [4.69, 9.17) is 20.4 Å². The highest BCUT2D eigenvalue weighted by atomic mass is 35.5. The molecule has 1 amide bonds. The number of fused-ring (bicyclic) bond motifs is 1. The SMILES string of the molecule is CCCn1cc(C(=O)NCc2ccc(Cl)cc2)c(=O)c2cc(CN(C)C[C@@H](O)c3ccco3)oc21. The van der Waals surface area contributed by atoms with Gasteiger partial charge in [0.1, 0.15) is 23.2 Å². The molecule has 35 heavy (non-hydrogen) atoms. The van der Waals surface area contributed by atoms with Gasteiger partial charge in [0.05, 0.1) is 18.2 Å². The van der Waals surface area contributed by atoms with Crippen molar-refractivity contribution in [1.82, 2.24) is 14.8 Å². The maximum atomic E-state index is 13.2. The number of aromatic nitrogens is 1. The molecule has 0 aliphatic rings. The highest BCUT2D eigenvalue weighted by Crippen LogP contribution is 2.21. The highest BCUT2D eigenvalue weighted by Gasteiger charge is 2.20. The van der Waals surface area contributed by atoms with Crippen LogP contribution in [-0.2, 0) is 19.6 Å². The first-order valence-electron chi connectivity index (χ1n) is 11.4. The van der Waals surface area contributed by atoms with Crippen LogP contribution in [0, 0.1) is 0 Å². The lowest BCUT2D eigenvalue weighted by atomic mass is 10.1. The Morgan fingerprint density at radius 2 is 2.03 bits per heavy atom. The van der Waals surface area contributed by atoms with E-state index in [0.29, 0.717) is 47.3 Å². The summed E-state index contributed by atoms with van der Waals surface area (Å²) < 4.78 is 13.1. The number of aliphatic hydroxyl groups excluding tert-OH is 1. The summed E-state index contributed by atoms with van der Waals surface area (Å²) >= 11 is 5.92. The minimum Gasteiger partial charge on any atom is -0.467 e. The Balaban J connectivity index is 1.54. The van der Waals surface area contributed by atoms with Crippen LogP contribution in [0.5, 0.6) is 0 Å². The number of nitrogens with one attached hydrogen (secondary N) is 1. The van der Waals surface area contributed by atoms with E-state index < -0.39 is 12.0 Å². The molecule has 0 unspecified atom stereocenters. The molecule has 0 bridgehead atoms. The molecule has 0 spiro atoms. The number of hydrogen-bond acceptors (Lipinski definition) is 6. The Hall–Kier alpha value is -3.33. The van der Waals surface area contributed by atoms with Gasteiger partial charge in [0.15, 0.2) is 0 Å². The van der Waals surface area contributed by atoms with Crippen LogP contribution in [0.1, 0.15) is 46.9 Å². The van der Waals surface area contributed by atoms with Crippen molar-refractivity contribution in [3.05, 3.63) is 92.8 Å². The molecule has 4 rings (SSSR count). The van der Waals surface area contributed by atoms with Crippen molar-refractivity contribution in [2.75, 3.05) is 13.6 Å². The quantitative estimate of drug-likeness (QED) is 0.338. The molecule has 4 aromatic rings. The van der Waals surface area contributed by atoms with E-state index in [1.165, 1.54) is 6.26 Å². The Morgan fingerprint density at radius 3 is 2.71 bits per heavy atom. The largest absolute Gasteiger partial charge is 0.467 e. The smallest absolute Gasteiger partial charge is 0.257 e. The topological polar surface area (TPSA) is 101 Å². The van der Waals surface area contributed by atoms with Gasteiger partial charge < -0.3 is 23.8 Å². The minimum absolute atomic E-state index is 0.0638. The molecule has 8 nitrogen and oxygen atoms in total. The molecule has 9 heteroatoms. The second-order valence-electron chi connectivity index (χ2n) is 8.53. The number of carbonyl (C=O) groups excluding carboxylic acids is 1. The molecule has 1 aromatic carbocycles. The fraction of sp³-hybridized carbons (Fsp3) is 0.308. The number of carbonyl (C=O) groups is 1. The molecule has 3 aromatic heterocycles. The average Bonchev–Trinajstić information content (AvgIpc) is 3.51. The number of halogens is 1. The molecule has 0 radical (unpaired) electrons. The zero-order valence-electron chi connectivity index (χ0n) is 19.7. The lowest BCUT2D eigenvalue weighted by Crippen LogP contribution is -2.29. The van der Waals surface area contributed by atoms with Crippen molar-refractivity contribution in [1.29, 1.82) is 0 Å². The number of benzene rings is 1. The molecule has 3 heterocycles. The molecule has 0 aliphatic carbocycles. The van der Waals surface area contributed by atoms with Crippen LogP contribution in [0.3, 0.4) is 0 Å². The summed E-state index contributed by atoms with van der Waals surface area (Å²) in [6.45, 7) is 3.57. The summed E-state index contributed by atoms with van der Waals surface area (Å²) in [5.41, 5.74) is 0.993. The molecule has 184 valence electrons. The number of hydrogen-bond donors (Lipinski definition) is 2. The normalized spacial score (nSPS) is 12.4. The molecule has 0 saturated heterocycles. The van der Waals surface area contributed by atoms with Gasteiger partial charge in [0.2, 0.25) is 11.1 Å². The molecule has 0 aliphatic heterocycles. The van der Waals surface area contributed by atoms with E-state index in [9.17, 15) is 14.7 Å². The number of rotatable bonds is 10. The third-order valence-corrected chi connectivity index (χ3v) is 5.91. The second kappa shape index (κ2) is 10.9. The monoisotopic (exact) mass is 497 g/mol. The molecule has 0 saturated carbocycles. The lowest BCUT2D eigenvalue weighted by Gasteiger charge is -2.18. The summed E-state index contributed by atoms with van der Waals surface area (Å²) in [6.07, 6.45) is 3.09. The molecular formula is C26H28ClN3O5. The van der Waals surface area contributed by atoms with Gasteiger partial charge in [-0.25, -0.2) is 0 Å². The Morgan fingerprint density at radius 1 is 1.26 bits per heavy atom. The highest BCUT2D eigenvalue weighted by molar-refractivity contribution is 6.30. The van der Waals surface area contributed by atoms with Gasteiger partial charge in [-0.1, -0.05) is 30.7 Å². The summed E-state index contributed by atoms with van der Waals surface area (Å²) in [6, 6.07) is 12.3. The minimum atomic E-state index is -0.782. The van der Waals surface area contributed by atoms with Crippen molar-refractivity contribution in [2.24, 2.45) is 0 Å². The van der Waals surface area contributed by atoms with E-state index in [1.807, 2.05) is 31.0 Å². The maximum absolute atomic E-state index is 13.2. The number of nitrogens with zero attached hydrogens (tertiary/aromatic N) is 2. The Labute approximate surface area is 207 Å². The van der Waals surface area contributed by atoms with Crippen LogP contribution < -0.4 is 10.7 Å². The first-order chi connectivity index (χ1) is 16.9. The number of aryl methyl sites for hydroxylation is 1. The fourth-order valence-electron chi connectivity index (χ4n) is 3.95. The number of furan rings is 2. The zero-order chi connectivity index (χ0) is 24.9. The van der Waals surface area contributed by atoms with E-state index in [0.717, 1.165) is 12.0 Å². The van der Waals surface area contributed by atoms with Gasteiger partial charge in [-0.3, -0.25) is 14.5 Å². The van der Waals surface area contributed by atoms with Gasteiger partial charge in [-0.2, -0.15) is 0 Å². The zero-order valence-corrected chi connectivity index (χ0v) is 20.4. The molecule has 2 N–H and O–H groups in total. The molecule has 0 fully saturated rings. The number of pyridine rings is 1. The average molecular weight is 498 g/mol. The molecule has 1 atom stereocenters. The van der Waals surface area contributed by atoms with Crippen molar-refractivity contribution in [3.8, 4) is 0 Å². The van der Waals surface area contributed by atoms with Crippen LogP contribution >= 0.6 is 11.6 Å². The number of likely N-dealkylation sites (N-methyl/N-ethyl adjacent to an activating group) is 1. The van der Waals surface area contributed by atoms with Crippen molar-refractivity contribution in [3.63, 3.8) is 0 Å². The van der Waals surface area contributed by atoms with Gasteiger partial charge in [-0.15, -0.1) is 0 Å². The predicted molar refractivity (Wildman–Crippen MR) is 133 cm³/mol. The first-order valence-corrected chi connectivity index (χ1v) is 11.8. The maximum Gasteiger partial charge on any atom is 0.257 e. The summed E-state index contributed by atoms with van der Waals surface area (Å²) in [4.78, 5) is 28.0. The number of aliphatic hydroxyl groups is 1. The van der Waals surface area contributed by atoms with Crippen LogP contribution in [0.15, 0.2) is 68.6 Å². The number of amides is 1. The van der Waals surface area contributed by atoms with Gasteiger partial charge in [-0.05, 0) is 49.4 Å². The molecular weight excluding hydrogens is 470 g/mol. The van der Waals surface area contributed by atoms with Crippen molar-refractivity contribution < 1.29 is 18.7 Å². The summed E-state index contributed by atoms with van der Waals surface area (Å²) in [5, 5.41) is 14.1. The van der Waals surface area contributed by atoms with Crippen LogP contribution in [-0.4, -0.2) is 34.1 Å². The summed E-state index contributed by atoms with van der Waals surface area (Å²) in [7, 11) is 1.84. The van der Waals surface area contributed by atoms with Crippen molar-refractivity contribution in [2.45, 2.75) is 39.1 Å². The Kier molecular flexibility index (Phi) is 7.75. The standard InChI is InChI=1S/C26H28ClN3O5/c1-3-10-30-15-21(25(33)28-13-17-6-8-18(27)9-7-17)24(32)20-12-19(35-26(20)30)14-29(2)16-22(31)23-5-4-11-34-23/h4-9,11-12,15,22,31H,3,10,13-14,16H2,1-2H3,(H,28,33)/t22-/m1/s1. The van der Waals surface area contributed by atoms with E-state index in [2.05, 4.69) is 5.32 Å². The summed E-state index contributed by atoms with van der Waals surface area (Å²) in [5.74, 6) is 0.603. The first kappa shape index (κ1) is 24.8. The van der Waals surface area contributed by atoms with Gasteiger partial charge in [0.25, 0.3) is 5.91 Å². The third kappa shape index (κ3) is 5.85. The van der Waals surface area contributed by atoms with Crippen LogP contribution in [0.4, 0.5) is 0 Å². The van der Waals surface area contributed by atoms with E-state index in [-0.39, 0.29) is 17.5 Å². The van der Waals surface area contributed by atoms with Crippen LogP contribution in [0.25, 0.3) is 11.1 Å². The lowest BCUT2D eigenvalue weighted by molar-refractivity contribution is 0.0949. The third-order valence-electron chi connectivity index (χ3n) is 5.66. The van der Waals surface area contributed by atoms with E-state index >= 15 is 0 Å². The van der Waals surface area contributed by atoms with Crippen molar-refractivity contribution >= 4 is 28.6 Å². The van der Waals surface area contributed by atoms with Gasteiger partial charge >= 0.3 is 0 Å². The fourth-order valence-corrected chi connectivity index (χ4v) is 4.07.